The number of hydrogen-bond donors (Lipinski definition) is 1. The summed E-state index contributed by atoms with van der Waals surface area (Å²) in [5, 5.41) is 0. The molecule has 1 atom stereocenters. The fraction of sp³-hybridized carbons (Fsp3) is 0.833. The number of halogens is 2. The standard InChI is InChI=1S/C6H9F2NO/c7-6(8)2-4(6)1-5(10)3-9/h4H,1-3,9H2. The van der Waals surface area contributed by atoms with Crippen LogP contribution in [0.4, 0.5) is 8.78 Å². The number of Topliss-reactive ketones (excluding diaryl/α,β-unsaturated/α-hetero) is 1. The Balaban J connectivity index is 2.24. The fourth-order valence-electron chi connectivity index (χ4n) is 0.849. The van der Waals surface area contributed by atoms with Gasteiger partial charge in [-0.15, -0.1) is 0 Å². The van der Waals surface area contributed by atoms with Crippen molar-refractivity contribution in [1.82, 2.24) is 0 Å². The van der Waals surface area contributed by atoms with Gasteiger partial charge in [0.05, 0.1) is 6.54 Å². The molecule has 4 heteroatoms. The molecule has 1 fully saturated rings. The Kier molecular flexibility index (Phi) is 1.72. The molecule has 1 rings (SSSR count). The second-order valence-electron chi connectivity index (χ2n) is 2.61. The Hall–Kier alpha value is -0.510. The number of ketones is 1. The largest absolute Gasteiger partial charge is 0.324 e. The minimum atomic E-state index is -2.58. The van der Waals surface area contributed by atoms with E-state index < -0.39 is 11.8 Å². The molecule has 2 nitrogen and oxygen atoms in total. The monoisotopic (exact) mass is 149 g/mol. The first-order chi connectivity index (χ1) is 4.56. The summed E-state index contributed by atoms with van der Waals surface area (Å²) in [4.78, 5) is 10.5. The Bertz CT molecular complexity index is 158. The van der Waals surface area contributed by atoms with Crippen molar-refractivity contribution in [2.24, 2.45) is 11.7 Å². The van der Waals surface area contributed by atoms with E-state index in [-0.39, 0.29) is 25.2 Å². The summed E-state index contributed by atoms with van der Waals surface area (Å²) < 4.78 is 24.2. The second kappa shape index (κ2) is 2.27. The van der Waals surface area contributed by atoms with E-state index in [2.05, 4.69) is 0 Å². The van der Waals surface area contributed by atoms with Crippen LogP contribution < -0.4 is 5.73 Å². The molecule has 0 bridgehead atoms. The highest BCUT2D eigenvalue weighted by molar-refractivity contribution is 5.80. The summed E-state index contributed by atoms with van der Waals surface area (Å²) in [5.41, 5.74) is 4.94. The average Bonchev–Trinajstić information content (AvgIpc) is 2.40. The van der Waals surface area contributed by atoms with E-state index in [0.29, 0.717) is 0 Å². The van der Waals surface area contributed by atoms with Crippen LogP contribution in [-0.4, -0.2) is 18.3 Å². The Morgan fingerprint density at radius 1 is 1.70 bits per heavy atom. The van der Waals surface area contributed by atoms with Crippen LogP contribution in [0.3, 0.4) is 0 Å². The molecule has 0 aromatic heterocycles. The predicted molar refractivity (Wildman–Crippen MR) is 31.7 cm³/mol. The maximum Gasteiger partial charge on any atom is 0.252 e. The molecule has 0 aromatic carbocycles. The zero-order chi connectivity index (χ0) is 7.78. The Morgan fingerprint density at radius 2 is 2.20 bits per heavy atom. The molecule has 1 unspecified atom stereocenters. The van der Waals surface area contributed by atoms with Crippen molar-refractivity contribution >= 4 is 5.78 Å². The van der Waals surface area contributed by atoms with Gasteiger partial charge in [0.25, 0.3) is 5.92 Å². The molecular formula is C6H9F2NO. The normalized spacial score (nSPS) is 28.1. The Morgan fingerprint density at radius 3 is 2.50 bits per heavy atom. The summed E-state index contributed by atoms with van der Waals surface area (Å²) in [5.74, 6) is -3.57. The minimum Gasteiger partial charge on any atom is -0.324 e. The molecule has 1 aliphatic rings. The number of nitrogens with two attached hydrogens (primary N) is 1. The SMILES string of the molecule is NCC(=O)CC1CC1(F)F. The zero-order valence-corrected chi connectivity index (χ0v) is 5.44. The smallest absolute Gasteiger partial charge is 0.252 e. The number of rotatable bonds is 3. The van der Waals surface area contributed by atoms with Crippen LogP contribution in [0.25, 0.3) is 0 Å². The number of alkyl halides is 2. The second-order valence-corrected chi connectivity index (χ2v) is 2.61. The first-order valence-electron chi connectivity index (χ1n) is 3.16. The van der Waals surface area contributed by atoms with Gasteiger partial charge in [-0.25, -0.2) is 8.78 Å². The van der Waals surface area contributed by atoms with Gasteiger partial charge in [0.2, 0.25) is 0 Å². The lowest BCUT2D eigenvalue weighted by Crippen LogP contribution is -2.14. The van der Waals surface area contributed by atoms with Crippen LogP contribution in [-0.2, 0) is 4.79 Å². The Labute approximate surface area is 57.4 Å². The van der Waals surface area contributed by atoms with E-state index in [1.54, 1.807) is 0 Å². The third kappa shape index (κ3) is 1.50. The molecule has 2 N–H and O–H groups in total. The maximum absolute atomic E-state index is 12.1. The molecule has 0 saturated heterocycles. The summed E-state index contributed by atoms with van der Waals surface area (Å²) in [7, 11) is 0. The summed E-state index contributed by atoms with van der Waals surface area (Å²) in [6.07, 6.45) is -0.192. The van der Waals surface area contributed by atoms with Crippen molar-refractivity contribution in [3.63, 3.8) is 0 Å². The van der Waals surface area contributed by atoms with E-state index in [9.17, 15) is 13.6 Å². The van der Waals surface area contributed by atoms with E-state index in [4.69, 9.17) is 5.73 Å². The van der Waals surface area contributed by atoms with Crippen molar-refractivity contribution in [2.45, 2.75) is 18.8 Å². The molecule has 1 saturated carbocycles. The fourth-order valence-corrected chi connectivity index (χ4v) is 0.849. The van der Waals surface area contributed by atoms with E-state index in [0.717, 1.165) is 0 Å². The summed E-state index contributed by atoms with van der Waals surface area (Å²) in [6.45, 7) is -0.118. The topological polar surface area (TPSA) is 43.1 Å². The van der Waals surface area contributed by atoms with Crippen LogP contribution in [0, 0.1) is 5.92 Å². The molecular weight excluding hydrogens is 140 g/mol. The maximum atomic E-state index is 12.1. The minimum absolute atomic E-state index is 0.0521. The van der Waals surface area contributed by atoms with Gasteiger partial charge in [0.1, 0.15) is 5.78 Å². The summed E-state index contributed by atoms with van der Waals surface area (Å²) >= 11 is 0. The van der Waals surface area contributed by atoms with Crippen LogP contribution in [0.1, 0.15) is 12.8 Å². The lowest BCUT2D eigenvalue weighted by Gasteiger charge is -1.94. The van der Waals surface area contributed by atoms with Crippen LogP contribution in [0.15, 0.2) is 0 Å². The van der Waals surface area contributed by atoms with Crippen molar-refractivity contribution < 1.29 is 13.6 Å². The van der Waals surface area contributed by atoms with Gasteiger partial charge in [-0.05, 0) is 0 Å². The van der Waals surface area contributed by atoms with Crippen molar-refractivity contribution in [1.29, 1.82) is 0 Å². The highest BCUT2D eigenvalue weighted by Crippen LogP contribution is 2.50. The third-order valence-corrected chi connectivity index (χ3v) is 1.66. The van der Waals surface area contributed by atoms with Gasteiger partial charge >= 0.3 is 0 Å². The average molecular weight is 149 g/mol. The lowest BCUT2D eigenvalue weighted by molar-refractivity contribution is -0.118. The summed E-state index contributed by atoms with van der Waals surface area (Å²) in [6, 6.07) is 0. The molecule has 0 aromatic rings. The van der Waals surface area contributed by atoms with Crippen molar-refractivity contribution in [3.05, 3.63) is 0 Å². The molecule has 1 aliphatic carbocycles. The van der Waals surface area contributed by atoms with Gasteiger partial charge in [-0.3, -0.25) is 4.79 Å². The van der Waals surface area contributed by atoms with E-state index in [1.165, 1.54) is 0 Å². The molecule has 0 amide bonds. The molecule has 0 aliphatic heterocycles. The van der Waals surface area contributed by atoms with Crippen molar-refractivity contribution in [2.75, 3.05) is 6.54 Å². The first-order valence-corrected chi connectivity index (χ1v) is 3.16. The van der Waals surface area contributed by atoms with Crippen LogP contribution >= 0.6 is 0 Å². The van der Waals surface area contributed by atoms with Gasteiger partial charge in [-0.2, -0.15) is 0 Å². The number of hydrogen-bond acceptors (Lipinski definition) is 2. The van der Waals surface area contributed by atoms with E-state index in [1.807, 2.05) is 0 Å². The first kappa shape index (κ1) is 7.60. The van der Waals surface area contributed by atoms with Gasteiger partial charge < -0.3 is 5.73 Å². The number of carbonyl (C=O) groups is 1. The highest BCUT2D eigenvalue weighted by atomic mass is 19.3. The van der Waals surface area contributed by atoms with Gasteiger partial charge in [0, 0.05) is 18.8 Å². The third-order valence-electron chi connectivity index (χ3n) is 1.66. The highest BCUT2D eigenvalue weighted by Gasteiger charge is 2.56. The molecule has 0 heterocycles. The van der Waals surface area contributed by atoms with Crippen LogP contribution in [0.5, 0.6) is 0 Å². The number of carbonyl (C=O) groups excluding carboxylic acids is 1. The van der Waals surface area contributed by atoms with Gasteiger partial charge in [-0.1, -0.05) is 0 Å². The predicted octanol–water partition coefficient (Wildman–Crippen LogP) is 0.559. The molecule has 0 radical (unpaired) electrons. The quantitative estimate of drug-likeness (QED) is 0.637. The molecule has 0 spiro atoms. The van der Waals surface area contributed by atoms with E-state index >= 15 is 0 Å². The molecule has 58 valence electrons. The lowest BCUT2D eigenvalue weighted by atomic mass is 10.2. The van der Waals surface area contributed by atoms with Gasteiger partial charge in [0.15, 0.2) is 0 Å². The zero-order valence-electron chi connectivity index (χ0n) is 5.44. The van der Waals surface area contributed by atoms with Crippen LogP contribution in [0.2, 0.25) is 0 Å². The molecule has 10 heavy (non-hydrogen) atoms. The van der Waals surface area contributed by atoms with Crippen molar-refractivity contribution in [3.8, 4) is 0 Å².